The molecule has 0 saturated heterocycles. The first-order chi connectivity index (χ1) is 16.2. The molecule has 5 nitrogen and oxygen atoms in total. The lowest BCUT2D eigenvalue weighted by Gasteiger charge is -2.33. The summed E-state index contributed by atoms with van der Waals surface area (Å²) in [7, 11) is 1.66. The molecule has 1 aliphatic rings. The van der Waals surface area contributed by atoms with Gasteiger partial charge in [-0.05, 0) is 35.7 Å². The normalized spacial score (nSPS) is 15.5. The quantitative estimate of drug-likeness (QED) is 0.330. The fraction of sp³-hybridized carbons (Fsp3) is 0.222. The van der Waals surface area contributed by atoms with Crippen LogP contribution < -0.4 is 4.74 Å². The van der Waals surface area contributed by atoms with E-state index in [0.29, 0.717) is 13.0 Å². The van der Waals surface area contributed by atoms with Gasteiger partial charge < -0.3 is 14.5 Å². The molecule has 2 heterocycles. The Kier molecular flexibility index (Phi) is 7.50. The first kappa shape index (κ1) is 22.7. The number of H-pyrrole nitrogens is 1. The molecule has 0 spiro atoms. The molecule has 0 bridgehead atoms. The van der Waals surface area contributed by atoms with E-state index in [2.05, 4.69) is 11.1 Å². The van der Waals surface area contributed by atoms with Crippen molar-refractivity contribution in [3.8, 4) is 5.75 Å². The fourth-order valence-electron chi connectivity index (χ4n) is 4.16. The van der Waals surface area contributed by atoms with Crippen molar-refractivity contribution in [2.75, 3.05) is 13.8 Å². The van der Waals surface area contributed by atoms with Gasteiger partial charge in [0.05, 0.1) is 26.4 Å². The van der Waals surface area contributed by atoms with E-state index in [0.717, 1.165) is 39.3 Å². The van der Waals surface area contributed by atoms with Gasteiger partial charge in [-0.25, -0.2) is 0 Å². The van der Waals surface area contributed by atoms with Gasteiger partial charge in [-0.1, -0.05) is 66.7 Å². The van der Waals surface area contributed by atoms with Crippen LogP contribution >= 0.6 is 0 Å². The van der Waals surface area contributed by atoms with E-state index in [1.165, 1.54) is 5.56 Å². The minimum Gasteiger partial charge on any atom is -0.497 e. The van der Waals surface area contributed by atoms with Crippen LogP contribution in [-0.2, 0) is 24.3 Å². The maximum Gasteiger partial charge on any atom is 0.137 e. The first-order valence-electron chi connectivity index (χ1n) is 11.0. The third-order valence-electron chi connectivity index (χ3n) is 5.81. The van der Waals surface area contributed by atoms with E-state index in [-0.39, 0.29) is 19.3 Å². The van der Waals surface area contributed by atoms with Gasteiger partial charge >= 0.3 is 0 Å². The van der Waals surface area contributed by atoms with Crippen molar-refractivity contribution in [3.05, 3.63) is 102 Å². The number of aromatic nitrogens is 1. The number of hydrogen-bond donors (Lipinski definition) is 1. The molecule has 1 aliphatic heterocycles. The Labute approximate surface area is 193 Å². The molecule has 6 heteroatoms. The monoisotopic (exact) mass is 445 g/mol. The van der Waals surface area contributed by atoms with Gasteiger partial charge in [0.2, 0.25) is 0 Å². The average molecular weight is 446 g/mol. The van der Waals surface area contributed by atoms with Gasteiger partial charge in [0, 0.05) is 23.1 Å². The summed E-state index contributed by atoms with van der Waals surface area (Å²) in [5, 5.41) is 1.92. The molecule has 170 valence electrons. The second-order valence-electron chi connectivity index (χ2n) is 8.05. The van der Waals surface area contributed by atoms with Crippen molar-refractivity contribution < 1.29 is 14.0 Å². The summed E-state index contributed by atoms with van der Waals surface area (Å²) in [6.07, 6.45) is 1.54. The fourth-order valence-corrected chi connectivity index (χ4v) is 4.16. The van der Waals surface area contributed by atoms with Crippen molar-refractivity contribution in [3.63, 3.8) is 0 Å². The molecular weight excluding hydrogens is 417 g/mol. The van der Waals surface area contributed by atoms with Crippen LogP contribution in [0.5, 0.6) is 5.75 Å². The number of aldehydes is 1. The summed E-state index contributed by atoms with van der Waals surface area (Å²) >= 11 is 0. The van der Waals surface area contributed by atoms with Gasteiger partial charge in [0.25, 0.3) is 0 Å². The number of rotatable bonds is 6. The Morgan fingerprint density at radius 2 is 1.70 bits per heavy atom. The number of methoxy groups -OCH3 is 1. The molecule has 0 fully saturated rings. The number of aromatic amines is 1. The first-order valence-corrected chi connectivity index (χ1v) is 11.0. The molecule has 33 heavy (non-hydrogen) atoms. The molecule has 1 atom stereocenters. The second-order valence-corrected chi connectivity index (χ2v) is 8.05. The molecule has 0 aliphatic carbocycles. The maximum atomic E-state index is 14.4. The lowest BCUT2D eigenvalue weighted by Crippen LogP contribution is -2.45. The number of para-hydroxylation sites is 2. The summed E-state index contributed by atoms with van der Waals surface area (Å²) in [6.45, 7) is 0.859. The largest absolute Gasteiger partial charge is 0.497 e. The van der Waals surface area contributed by atoms with Gasteiger partial charge in [0.1, 0.15) is 12.0 Å². The molecule has 1 aromatic heterocycles. The Hall–Kier alpha value is -3.48. The standard InChI is InChI=1S/C20H20FN3O.C7H8O/c21-24(11-15-6-2-1-3-7-15)14-23-12-20-18(10-16(23)13-25)17-8-4-5-9-19(17)22-20;1-8-7-5-3-2-4-6-7/h1-9,13,16,22H,10-12,14H2;2-6H,1H3/t16-;/m0./s1. The SMILES string of the molecule is COc1ccccc1.O=C[C@@H]1Cc2c([nH]c3ccccc23)CN1CN(F)Cc1ccccc1. The highest BCUT2D eigenvalue weighted by Crippen LogP contribution is 2.30. The van der Waals surface area contributed by atoms with E-state index in [1.54, 1.807) is 7.11 Å². The van der Waals surface area contributed by atoms with Gasteiger partial charge in [-0.15, -0.1) is 9.60 Å². The Morgan fingerprint density at radius 1 is 1.03 bits per heavy atom. The number of nitrogens with one attached hydrogen (secondary N) is 1. The Balaban J connectivity index is 0.000000275. The van der Waals surface area contributed by atoms with E-state index in [1.807, 2.05) is 83.8 Å². The van der Waals surface area contributed by atoms with Crippen LogP contribution in [0.25, 0.3) is 10.9 Å². The van der Waals surface area contributed by atoms with Crippen LogP contribution in [0.3, 0.4) is 0 Å². The van der Waals surface area contributed by atoms with Crippen molar-refractivity contribution in [2.24, 2.45) is 0 Å². The molecule has 4 aromatic rings. The van der Waals surface area contributed by atoms with Crippen LogP contribution in [0.15, 0.2) is 84.9 Å². The number of fused-ring (bicyclic) bond motifs is 3. The van der Waals surface area contributed by atoms with Gasteiger partial charge in [0.15, 0.2) is 0 Å². The van der Waals surface area contributed by atoms with Gasteiger partial charge in [-0.2, -0.15) is 0 Å². The van der Waals surface area contributed by atoms with Gasteiger partial charge in [-0.3, -0.25) is 4.90 Å². The highest BCUT2D eigenvalue weighted by atomic mass is 19.2. The minimum absolute atomic E-state index is 0.104. The molecule has 0 saturated carbocycles. The molecule has 5 rings (SSSR count). The number of ether oxygens (including phenoxy) is 1. The maximum absolute atomic E-state index is 14.4. The highest BCUT2D eigenvalue weighted by Gasteiger charge is 2.29. The number of benzene rings is 3. The zero-order valence-electron chi connectivity index (χ0n) is 18.7. The molecule has 0 amide bonds. The molecular formula is C27H28FN3O2. The zero-order chi connectivity index (χ0) is 23.0. The third kappa shape index (κ3) is 5.66. The molecule has 0 radical (unpaired) electrons. The molecule has 0 unspecified atom stereocenters. The van der Waals surface area contributed by atoms with Crippen LogP contribution in [0, 0.1) is 0 Å². The summed E-state index contributed by atoms with van der Waals surface area (Å²) in [5.74, 6) is 0.910. The Morgan fingerprint density at radius 3 is 2.36 bits per heavy atom. The minimum atomic E-state index is -0.305. The Bertz CT molecular complexity index is 1160. The van der Waals surface area contributed by atoms with Crippen LogP contribution in [0.4, 0.5) is 4.48 Å². The van der Waals surface area contributed by atoms with Crippen LogP contribution in [-0.4, -0.2) is 41.1 Å². The topological polar surface area (TPSA) is 48.6 Å². The number of nitrogens with zero attached hydrogens (tertiary/aromatic N) is 2. The number of halogens is 1. The van der Waals surface area contributed by atoms with Crippen LogP contribution in [0.2, 0.25) is 0 Å². The number of carbonyl (C=O) groups is 1. The number of carbonyl (C=O) groups excluding carboxylic acids is 1. The highest BCUT2D eigenvalue weighted by molar-refractivity contribution is 5.85. The lowest BCUT2D eigenvalue weighted by atomic mass is 9.98. The zero-order valence-corrected chi connectivity index (χ0v) is 18.7. The summed E-state index contributed by atoms with van der Waals surface area (Å²) in [6, 6.07) is 27.0. The third-order valence-corrected chi connectivity index (χ3v) is 5.81. The van der Waals surface area contributed by atoms with Crippen molar-refractivity contribution >= 4 is 17.2 Å². The molecule has 1 N–H and O–H groups in total. The summed E-state index contributed by atoms with van der Waals surface area (Å²) in [4.78, 5) is 16.9. The van der Waals surface area contributed by atoms with E-state index in [9.17, 15) is 9.28 Å². The van der Waals surface area contributed by atoms with Crippen molar-refractivity contribution in [1.82, 2.24) is 15.0 Å². The lowest BCUT2D eigenvalue weighted by molar-refractivity contribution is -0.117. The van der Waals surface area contributed by atoms with E-state index in [4.69, 9.17) is 4.74 Å². The van der Waals surface area contributed by atoms with Crippen LogP contribution in [0.1, 0.15) is 16.8 Å². The average Bonchev–Trinajstić information content (AvgIpc) is 3.22. The van der Waals surface area contributed by atoms with E-state index < -0.39 is 0 Å². The van der Waals surface area contributed by atoms with Crippen molar-refractivity contribution in [2.45, 2.75) is 25.6 Å². The predicted octanol–water partition coefficient (Wildman–Crippen LogP) is 5.13. The summed E-state index contributed by atoms with van der Waals surface area (Å²) < 4.78 is 19.3. The molecule has 3 aromatic carbocycles. The predicted molar refractivity (Wildman–Crippen MR) is 128 cm³/mol. The van der Waals surface area contributed by atoms with Crippen molar-refractivity contribution in [1.29, 1.82) is 0 Å². The smallest absolute Gasteiger partial charge is 0.137 e. The van der Waals surface area contributed by atoms with E-state index >= 15 is 0 Å². The summed E-state index contributed by atoms with van der Waals surface area (Å²) in [5.41, 5.74) is 4.24. The second kappa shape index (κ2) is 10.9. The number of hydrogen-bond acceptors (Lipinski definition) is 4.